The number of hydrogen-bond donors (Lipinski definition) is 0. The maximum absolute atomic E-state index is 12.3. The Bertz CT molecular complexity index is 661. The highest BCUT2D eigenvalue weighted by atomic mass is 16.5. The minimum Gasteiger partial charge on any atom is -0.497 e. The molecule has 1 aromatic heterocycles. The summed E-state index contributed by atoms with van der Waals surface area (Å²) >= 11 is 0. The minimum absolute atomic E-state index is 0.154. The molecule has 1 saturated carbocycles. The van der Waals surface area contributed by atoms with E-state index < -0.39 is 0 Å². The number of rotatable bonds is 7. The van der Waals surface area contributed by atoms with Gasteiger partial charge in [-0.1, -0.05) is 5.16 Å². The van der Waals surface area contributed by atoms with Gasteiger partial charge >= 0.3 is 0 Å². The predicted molar refractivity (Wildman–Crippen MR) is 83.9 cm³/mol. The van der Waals surface area contributed by atoms with Gasteiger partial charge in [0.1, 0.15) is 23.9 Å². The van der Waals surface area contributed by atoms with Gasteiger partial charge in [-0.15, -0.1) is 0 Å². The molecular formula is C17H20N2O4. The number of hydrogen-bond acceptors (Lipinski definition) is 5. The Balaban J connectivity index is 1.47. The highest BCUT2D eigenvalue weighted by Crippen LogP contribution is 2.40. The lowest BCUT2D eigenvalue weighted by molar-refractivity contribution is 0.0763. The van der Waals surface area contributed by atoms with Crippen LogP contribution in [0.15, 0.2) is 34.9 Å². The molecule has 6 nitrogen and oxygen atoms in total. The summed E-state index contributed by atoms with van der Waals surface area (Å²) in [5, 5.41) is 3.86. The molecule has 0 bridgehead atoms. The highest BCUT2D eigenvalue weighted by Gasteiger charge is 2.29. The number of methoxy groups -OCH3 is 1. The van der Waals surface area contributed by atoms with Crippen molar-refractivity contribution in [2.45, 2.75) is 18.8 Å². The summed E-state index contributed by atoms with van der Waals surface area (Å²) in [6.45, 7) is 0.873. The van der Waals surface area contributed by atoms with Crippen LogP contribution in [0.5, 0.6) is 11.5 Å². The Morgan fingerprint density at radius 3 is 2.65 bits per heavy atom. The molecule has 0 unspecified atom stereocenters. The van der Waals surface area contributed by atoms with Gasteiger partial charge in [0, 0.05) is 19.0 Å². The second kappa shape index (κ2) is 6.73. The van der Waals surface area contributed by atoms with Crippen LogP contribution in [0, 0.1) is 0 Å². The number of likely N-dealkylation sites (N-methyl/N-ethyl adjacent to an activating group) is 1. The van der Waals surface area contributed by atoms with Gasteiger partial charge < -0.3 is 18.9 Å². The molecule has 1 aliphatic carbocycles. The Kier molecular flexibility index (Phi) is 4.50. The van der Waals surface area contributed by atoms with Crippen LogP contribution in [0.3, 0.4) is 0 Å². The fourth-order valence-corrected chi connectivity index (χ4v) is 2.22. The Morgan fingerprint density at radius 1 is 1.30 bits per heavy atom. The van der Waals surface area contributed by atoms with Crippen molar-refractivity contribution in [2.24, 2.45) is 0 Å². The van der Waals surface area contributed by atoms with E-state index in [1.54, 1.807) is 25.1 Å². The maximum Gasteiger partial charge on any atom is 0.275 e. The third kappa shape index (κ3) is 3.83. The third-order valence-corrected chi connectivity index (χ3v) is 3.83. The SMILES string of the molecule is COc1ccc(OCCN(C)C(=O)c2cc(C3CC3)on2)cc1. The first-order chi connectivity index (χ1) is 11.2. The first-order valence-corrected chi connectivity index (χ1v) is 7.66. The number of aromatic nitrogens is 1. The van der Waals surface area contributed by atoms with E-state index in [0.717, 1.165) is 30.1 Å². The van der Waals surface area contributed by atoms with Gasteiger partial charge in [0.25, 0.3) is 5.91 Å². The minimum atomic E-state index is -0.154. The smallest absolute Gasteiger partial charge is 0.275 e. The standard InChI is InChI=1S/C17H20N2O4/c1-19(9-10-22-14-7-5-13(21-2)6-8-14)17(20)15-11-16(23-18-15)12-3-4-12/h5-8,11-12H,3-4,9-10H2,1-2H3. The third-order valence-electron chi connectivity index (χ3n) is 3.83. The van der Waals surface area contributed by atoms with Crippen LogP contribution in [-0.2, 0) is 0 Å². The molecule has 23 heavy (non-hydrogen) atoms. The van der Waals surface area contributed by atoms with E-state index in [0.29, 0.717) is 24.8 Å². The Morgan fingerprint density at radius 2 is 2.00 bits per heavy atom. The summed E-state index contributed by atoms with van der Waals surface area (Å²) in [4.78, 5) is 13.8. The van der Waals surface area contributed by atoms with Crippen molar-refractivity contribution in [1.82, 2.24) is 10.1 Å². The predicted octanol–water partition coefficient (Wildman–Crippen LogP) is 2.71. The van der Waals surface area contributed by atoms with Crippen molar-refractivity contribution in [3.63, 3.8) is 0 Å². The number of carbonyl (C=O) groups is 1. The topological polar surface area (TPSA) is 64.8 Å². The Labute approximate surface area is 135 Å². The summed E-state index contributed by atoms with van der Waals surface area (Å²) in [6.07, 6.45) is 2.24. The van der Waals surface area contributed by atoms with E-state index >= 15 is 0 Å². The summed E-state index contributed by atoms with van der Waals surface area (Å²) in [7, 11) is 3.35. The number of benzene rings is 1. The lowest BCUT2D eigenvalue weighted by Gasteiger charge is -2.16. The van der Waals surface area contributed by atoms with Crippen molar-refractivity contribution in [3.05, 3.63) is 41.8 Å². The molecule has 0 aliphatic heterocycles. The van der Waals surface area contributed by atoms with Gasteiger partial charge in [0.05, 0.1) is 13.7 Å². The van der Waals surface area contributed by atoms with E-state index in [1.165, 1.54) is 0 Å². The lowest BCUT2D eigenvalue weighted by atomic mass is 10.2. The molecule has 6 heteroatoms. The second-order valence-electron chi connectivity index (χ2n) is 5.64. The molecular weight excluding hydrogens is 296 g/mol. The largest absolute Gasteiger partial charge is 0.497 e. The van der Waals surface area contributed by atoms with E-state index in [4.69, 9.17) is 14.0 Å². The fourth-order valence-electron chi connectivity index (χ4n) is 2.22. The second-order valence-corrected chi connectivity index (χ2v) is 5.64. The van der Waals surface area contributed by atoms with Crippen LogP contribution >= 0.6 is 0 Å². The van der Waals surface area contributed by atoms with Crippen LogP contribution in [0.4, 0.5) is 0 Å². The van der Waals surface area contributed by atoms with E-state index in [9.17, 15) is 4.79 Å². The van der Waals surface area contributed by atoms with E-state index in [1.807, 2.05) is 24.3 Å². The zero-order valence-electron chi connectivity index (χ0n) is 13.3. The van der Waals surface area contributed by atoms with Gasteiger partial charge in [-0.25, -0.2) is 0 Å². The van der Waals surface area contributed by atoms with Gasteiger partial charge in [0.15, 0.2) is 5.69 Å². The van der Waals surface area contributed by atoms with E-state index in [-0.39, 0.29) is 5.91 Å². The first-order valence-electron chi connectivity index (χ1n) is 7.66. The van der Waals surface area contributed by atoms with Crippen LogP contribution in [0.1, 0.15) is 35.0 Å². The molecule has 0 radical (unpaired) electrons. The lowest BCUT2D eigenvalue weighted by Crippen LogP contribution is -2.31. The van der Waals surface area contributed by atoms with Crippen LogP contribution in [0.25, 0.3) is 0 Å². The molecule has 0 spiro atoms. The molecule has 3 rings (SSSR count). The van der Waals surface area contributed by atoms with Gasteiger partial charge in [-0.2, -0.15) is 0 Å². The van der Waals surface area contributed by atoms with Crippen molar-refractivity contribution >= 4 is 5.91 Å². The zero-order chi connectivity index (χ0) is 16.2. The number of amides is 1. The number of nitrogens with zero attached hydrogens (tertiary/aromatic N) is 2. The molecule has 1 aliphatic rings. The number of ether oxygens (including phenoxy) is 2. The monoisotopic (exact) mass is 316 g/mol. The molecule has 1 heterocycles. The van der Waals surface area contributed by atoms with Crippen LogP contribution in [-0.4, -0.2) is 43.3 Å². The Hall–Kier alpha value is -2.50. The van der Waals surface area contributed by atoms with Crippen molar-refractivity contribution in [2.75, 3.05) is 27.3 Å². The van der Waals surface area contributed by atoms with Crippen LogP contribution in [0.2, 0.25) is 0 Å². The molecule has 0 N–H and O–H groups in total. The average Bonchev–Trinajstić information content (AvgIpc) is 3.32. The average molecular weight is 316 g/mol. The van der Waals surface area contributed by atoms with Gasteiger partial charge in [-0.3, -0.25) is 4.79 Å². The van der Waals surface area contributed by atoms with Gasteiger partial charge in [0.2, 0.25) is 0 Å². The molecule has 122 valence electrons. The molecule has 1 amide bonds. The van der Waals surface area contributed by atoms with Crippen molar-refractivity contribution in [1.29, 1.82) is 0 Å². The summed E-state index contributed by atoms with van der Waals surface area (Å²) in [5.74, 6) is 2.63. The summed E-state index contributed by atoms with van der Waals surface area (Å²) in [5.41, 5.74) is 0.360. The summed E-state index contributed by atoms with van der Waals surface area (Å²) < 4.78 is 15.9. The highest BCUT2D eigenvalue weighted by molar-refractivity contribution is 5.92. The first kappa shape index (κ1) is 15.4. The molecule has 2 aromatic rings. The fraction of sp³-hybridized carbons (Fsp3) is 0.412. The van der Waals surface area contributed by atoms with Crippen molar-refractivity contribution < 1.29 is 18.8 Å². The normalized spacial score (nSPS) is 13.7. The maximum atomic E-state index is 12.3. The zero-order valence-corrected chi connectivity index (χ0v) is 13.3. The molecule has 1 aromatic carbocycles. The number of carbonyl (C=O) groups excluding carboxylic acids is 1. The van der Waals surface area contributed by atoms with Crippen LogP contribution < -0.4 is 9.47 Å². The molecule has 0 atom stereocenters. The summed E-state index contributed by atoms with van der Waals surface area (Å²) in [6, 6.07) is 9.08. The quantitative estimate of drug-likeness (QED) is 0.786. The molecule has 1 fully saturated rings. The molecule has 0 saturated heterocycles. The van der Waals surface area contributed by atoms with Gasteiger partial charge in [-0.05, 0) is 37.1 Å². The van der Waals surface area contributed by atoms with E-state index in [2.05, 4.69) is 5.16 Å². The van der Waals surface area contributed by atoms with Crippen molar-refractivity contribution in [3.8, 4) is 11.5 Å².